The Bertz CT molecular complexity index is 336. The summed E-state index contributed by atoms with van der Waals surface area (Å²) in [6.07, 6.45) is 6.90. The van der Waals surface area contributed by atoms with Gasteiger partial charge in [-0.2, -0.15) is 0 Å². The highest BCUT2D eigenvalue weighted by Gasteiger charge is 2.25. The van der Waals surface area contributed by atoms with Crippen LogP contribution >= 0.6 is 11.6 Å². The number of anilines is 1. The standard InChI is InChI=1S/C13H19ClN2/c1-11-6-8-15-13(10-11)16(9-3-7-14)12-4-2-5-12/h6,8,10,12H,2-5,7,9H2,1H3. The zero-order valence-electron chi connectivity index (χ0n) is 9.82. The highest BCUT2D eigenvalue weighted by Crippen LogP contribution is 2.28. The predicted molar refractivity (Wildman–Crippen MR) is 69.3 cm³/mol. The Morgan fingerprint density at radius 3 is 2.88 bits per heavy atom. The molecule has 0 radical (unpaired) electrons. The lowest BCUT2D eigenvalue weighted by Gasteiger charge is -2.38. The Morgan fingerprint density at radius 1 is 1.50 bits per heavy atom. The molecule has 0 bridgehead atoms. The molecule has 0 unspecified atom stereocenters. The van der Waals surface area contributed by atoms with E-state index in [0.29, 0.717) is 6.04 Å². The summed E-state index contributed by atoms with van der Waals surface area (Å²) < 4.78 is 0. The second-order valence-electron chi connectivity index (χ2n) is 4.51. The van der Waals surface area contributed by atoms with Gasteiger partial charge in [0.15, 0.2) is 0 Å². The molecule has 1 aromatic heterocycles. The average Bonchev–Trinajstić information content (AvgIpc) is 2.21. The van der Waals surface area contributed by atoms with Gasteiger partial charge in [-0.05, 0) is 50.3 Å². The fourth-order valence-electron chi connectivity index (χ4n) is 2.09. The Labute approximate surface area is 103 Å². The monoisotopic (exact) mass is 238 g/mol. The van der Waals surface area contributed by atoms with Crippen LogP contribution in [0.5, 0.6) is 0 Å². The molecule has 0 spiro atoms. The van der Waals surface area contributed by atoms with E-state index < -0.39 is 0 Å². The second kappa shape index (κ2) is 5.53. The van der Waals surface area contributed by atoms with E-state index in [0.717, 1.165) is 24.7 Å². The molecule has 1 aromatic rings. The molecule has 2 nitrogen and oxygen atoms in total. The van der Waals surface area contributed by atoms with Gasteiger partial charge < -0.3 is 4.90 Å². The quantitative estimate of drug-likeness (QED) is 0.732. The van der Waals surface area contributed by atoms with Crippen LogP contribution < -0.4 is 4.90 Å². The Kier molecular flexibility index (Phi) is 4.05. The first-order valence-corrected chi connectivity index (χ1v) is 6.60. The zero-order chi connectivity index (χ0) is 11.4. The van der Waals surface area contributed by atoms with Gasteiger partial charge >= 0.3 is 0 Å². The molecule has 1 aliphatic rings. The number of pyridine rings is 1. The molecular formula is C13H19ClN2. The molecule has 88 valence electrons. The van der Waals surface area contributed by atoms with Crippen LogP contribution in [-0.4, -0.2) is 23.5 Å². The normalized spacial score (nSPS) is 15.9. The first-order valence-electron chi connectivity index (χ1n) is 6.06. The van der Waals surface area contributed by atoms with Gasteiger partial charge in [-0.3, -0.25) is 0 Å². The highest BCUT2D eigenvalue weighted by molar-refractivity contribution is 6.17. The van der Waals surface area contributed by atoms with Crippen LogP contribution in [0.25, 0.3) is 0 Å². The molecule has 16 heavy (non-hydrogen) atoms. The molecule has 0 aromatic carbocycles. The molecule has 1 heterocycles. The summed E-state index contributed by atoms with van der Waals surface area (Å²) in [5, 5.41) is 0. The van der Waals surface area contributed by atoms with Crippen LogP contribution in [0.3, 0.4) is 0 Å². The number of aromatic nitrogens is 1. The van der Waals surface area contributed by atoms with Gasteiger partial charge in [-0.15, -0.1) is 11.6 Å². The number of rotatable bonds is 5. The van der Waals surface area contributed by atoms with E-state index in [1.54, 1.807) is 0 Å². The van der Waals surface area contributed by atoms with E-state index in [1.807, 2.05) is 12.3 Å². The number of nitrogens with zero attached hydrogens (tertiary/aromatic N) is 2. The van der Waals surface area contributed by atoms with Gasteiger partial charge in [-0.25, -0.2) is 4.98 Å². The van der Waals surface area contributed by atoms with E-state index >= 15 is 0 Å². The van der Waals surface area contributed by atoms with E-state index in [1.165, 1.54) is 24.8 Å². The van der Waals surface area contributed by atoms with E-state index in [9.17, 15) is 0 Å². The largest absolute Gasteiger partial charge is 0.354 e. The third kappa shape index (κ3) is 2.67. The van der Waals surface area contributed by atoms with Gasteiger partial charge in [0, 0.05) is 24.7 Å². The molecule has 1 fully saturated rings. The number of hydrogen-bond acceptors (Lipinski definition) is 2. The van der Waals surface area contributed by atoms with Crippen molar-refractivity contribution in [1.82, 2.24) is 4.98 Å². The minimum absolute atomic E-state index is 0.692. The number of alkyl halides is 1. The van der Waals surface area contributed by atoms with Crippen molar-refractivity contribution in [3.63, 3.8) is 0 Å². The van der Waals surface area contributed by atoms with E-state index in [-0.39, 0.29) is 0 Å². The molecule has 0 amide bonds. The lowest BCUT2D eigenvalue weighted by molar-refractivity contribution is 0.384. The maximum atomic E-state index is 5.78. The minimum atomic E-state index is 0.692. The fourth-order valence-corrected chi connectivity index (χ4v) is 2.21. The zero-order valence-corrected chi connectivity index (χ0v) is 10.6. The van der Waals surface area contributed by atoms with Crippen molar-refractivity contribution in [2.75, 3.05) is 17.3 Å². The molecule has 0 atom stereocenters. The SMILES string of the molecule is Cc1ccnc(N(CCCCl)C2CCC2)c1. The Morgan fingerprint density at radius 2 is 2.31 bits per heavy atom. The van der Waals surface area contributed by atoms with Crippen molar-refractivity contribution in [2.45, 2.75) is 38.6 Å². The maximum absolute atomic E-state index is 5.78. The smallest absolute Gasteiger partial charge is 0.128 e. The van der Waals surface area contributed by atoms with Crippen LogP contribution in [-0.2, 0) is 0 Å². The van der Waals surface area contributed by atoms with Crippen molar-refractivity contribution >= 4 is 17.4 Å². The van der Waals surface area contributed by atoms with Gasteiger partial charge in [0.2, 0.25) is 0 Å². The molecule has 0 aliphatic heterocycles. The van der Waals surface area contributed by atoms with Gasteiger partial charge in [0.25, 0.3) is 0 Å². The molecular weight excluding hydrogens is 220 g/mol. The molecule has 2 rings (SSSR count). The molecule has 3 heteroatoms. The van der Waals surface area contributed by atoms with Gasteiger partial charge in [-0.1, -0.05) is 0 Å². The number of hydrogen-bond donors (Lipinski definition) is 0. The highest BCUT2D eigenvalue weighted by atomic mass is 35.5. The first kappa shape index (κ1) is 11.7. The molecule has 0 saturated heterocycles. The third-order valence-electron chi connectivity index (χ3n) is 3.24. The van der Waals surface area contributed by atoms with Crippen LogP contribution in [0.1, 0.15) is 31.2 Å². The summed E-state index contributed by atoms with van der Waals surface area (Å²) in [4.78, 5) is 6.91. The van der Waals surface area contributed by atoms with Crippen LogP contribution in [0.2, 0.25) is 0 Å². The lowest BCUT2D eigenvalue weighted by atomic mass is 9.91. The van der Waals surface area contributed by atoms with Crippen molar-refractivity contribution < 1.29 is 0 Å². The lowest BCUT2D eigenvalue weighted by Crippen LogP contribution is -2.41. The summed E-state index contributed by atoms with van der Waals surface area (Å²) in [6.45, 7) is 3.15. The van der Waals surface area contributed by atoms with Crippen LogP contribution in [0.4, 0.5) is 5.82 Å². The number of aryl methyl sites for hydroxylation is 1. The van der Waals surface area contributed by atoms with Crippen LogP contribution in [0, 0.1) is 6.92 Å². The van der Waals surface area contributed by atoms with Crippen LogP contribution in [0.15, 0.2) is 18.3 Å². The summed E-state index contributed by atoms with van der Waals surface area (Å²) in [5.41, 5.74) is 1.28. The Balaban J connectivity index is 2.10. The predicted octanol–water partition coefficient (Wildman–Crippen LogP) is 3.38. The van der Waals surface area contributed by atoms with Gasteiger partial charge in [0.1, 0.15) is 5.82 Å². The van der Waals surface area contributed by atoms with Crippen molar-refractivity contribution in [1.29, 1.82) is 0 Å². The van der Waals surface area contributed by atoms with Gasteiger partial charge in [0.05, 0.1) is 0 Å². The summed E-state index contributed by atoms with van der Waals surface area (Å²) in [6, 6.07) is 4.91. The van der Waals surface area contributed by atoms with Crippen molar-refractivity contribution in [3.05, 3.63) is 23.9 Å². The molecule has 1 saturated carbocycles. The summed E-state index contributed by atoms with van der Waals surface area (Å²) >= 11 is 5.78. The Hall–Kier alpha value is -0.760. The second-order valence-corrected chi connectivity index (χ2v) is 4.89. The van der Waals surface area contributed by atoms with E-state index in [2.05, 4.69) is 22.9 Å². The molecule has 0 N–H and O–H groups in total. The first-order chi connectivity index (χ1) is 7.81. The minimum Gasteiger partial charge on any atom is -0.354 e. The summed E-state index contributed by atoms with van der Waals surface area (Å²) in [7, 11) is 0. The van der Waals surface area contributed by atoms with Crippen molar-refractivity contribution in [2.24, 2.45) is 0 Å². The fraction of sp³-hybridized carbons (Fsp3) is 0.615. The summed E-state index contributed by atoms with van der Waals surface area (Å²) in [5.74, 6) is 1.85. The number of halogens is 1. The third-order valence-corrected chi connectivity index (χ3v) is 3.51. The molecule has 1 aliphatic carbocycles. The maximum Gasteiger partial charge on any atom is 0.128 e. The van der Waals surface area contributed by atoms with Crippen molar-refractivity contribution in [3.8, 4) is 0 Å². The van der Waals surface area contributed by atoms with E-state index in [4.69, 9.17) is 11.6 Å². The topological polar surface area (TPSA) is 16.1 Å². The average molecular weight is 239 g/mol.